The Labute approximate surface area is 116 Å². The molecule has 20 heavy (non-hydrogen) atoms. The van der Waals surface area contributed by atoms with E-state index in [1.54, 1.807) is 0 Å². The molecule has 0 aliphatic carbocycles. The summed E-state index contributed by atoms with van der Waals surface area (Å²) in [6.45, 7) is 4.48. The lowest BCUT2D eigenvalue weighted by Crippen LogP contribution is -2.27. The van der Waals surface area contributed by atoms with E-state index in [9.17, 15) is 19.3 Å². The topological polar surface area (TPSA) is 98.3 Å². The van der Waals surface area contributed by atoms with E-state index in [4.69, 9.17) is 5.73 Å². The number of nitrogens with zero attached hydrogens (tertiary/aromatic N) is 1. The minimum absolute atomic E-state index is 0.374. The van der Waals surface area contributed by atoms with Crippen LogP contribution in [0, 0.1) is 21.8 Å². The van der Waals surface area contributed by atoms with Crippen molar-refractivity contribution in [3.05, 3.63) is 33.6 Å². The van der Waals surface area contributed by atoms with E-state index >= 15 is 0 Å². The Bertz CT molecular complexity index is 518. The summed E-state index contributed by atoms with van der Waals surface area (Å²) in [6, 6.07) is 1.82. The lowest BCUT2D eigenvalue weighted by Gasteiger charge is -2.09. The molecule has 0 saturated carbocycles. The minimum atomic E-state index is -0.866. The molecule has 0 bridgehead atoms. The van der Waals surface area contributed by atoms with Crippen molar-refractivity contribution < 1.29 is 14.1 Å². The summed E-state index contributed by atoms with van der Waals surface area (Å²) in [5.41, 5.74) is 4.11. The molecular formula is C13H18FN3O3. The highest BCUT2D eigenvalue weighted by molar-refractivity contribution is 6.01. The Hall–Kier alpha value is -2.18. The summed E-state index contributed by atoms with van der Waals surface area (Å²) in [5, 5.41) is 13.2. The van der Waals surface area contributed by atoms with Gasteiger partial charge in [0.15, 0.2) is 0 Å². The molecule has 7 heteroatoms. The summed E-state index contributed by atoms with van der Waals surface area (Å²) < 4.78 is 13.6. The number of carbonyl (C=O) groups excluding carboxylic acids is 1. The van der Waals surface area contributed by atoms with Crippen LogP contribution in [-0.2, 0) is 0 Å². The Morgan fingerprint density at radius 3 is 2.70 bits per heavy atom. The maximum atomic E-state index is 13.6. The smallest absolute Gasteiger partial charge is 0.293 e. The van der Waals surface area contributed by atoms with E-state index < -0.39 is 33.6 Å². The molecule has 1 aromatic carbocycles. The Morgan fingerprint density at radius 2 is 2.15 bits per heavy atom. The number of nitrogens with one attached hydrogen (secondary N) is 1. The standard InChI is InChI=1S/C13H18FN3O3/c1-8(2)4-3-7-16-13(18)11-9(14)5-6-10(12(11)15)17(19)20/h5-6,8H,3-4,7,15H2,1-2H3,(H,16,18). The lowest BCUT2D eigenvalue weighted by molar-refractivity contribution is -0.384. The Balaban J connectivity index is 2.82. The Kier molecular flexibility index (Phi) is 5.42. The summed E-state index contributed by atoms with van der Waals surface area (Å²) in [4.78, 5) is 21.8. The van der Waals surface area contributed by atoms with Crippen molar-refractivity contribution >= 4 is 17.3 Å². The molecule has 0 heterocycles. The number of nitrogen functional groups attached to an aromatic ring is 1. The normalized spacial score (nSPS) is 10.6. The zero-order valence-electron chi connectivity index (χ0n) is 11.5. The molecule has 0 atom stereocenters. The first-order chi connectivity index (χ1) is 9.34. The van der Waals surface area contributed by atoms with Crippen LogP contribution in [-0.4, -0.2) is 17.4 Å². The highest BCUT2D eigenvalue weighted by Crippen LogP contribution is 2.27. The van der Waals surface area contributed by atoms with E-state index in [2.05, 4.69) is 19.2 Å². The molecule has 0 aliphatic rings. The number of hydrogen-bond donors (Lipinski definition) is 2. The fourth-order valence-electron chi connectivity index (χ4n) is 1.77. The van der Waals surface area contributed by atoms with Crippen LogP contribution in [0.4, 0.5) is 15.8 Å². The van der Waals surface area contributed by atoms with Gasteiger partial charge in [0.1, 0.15) is 17.1 Å². The molecule has 0 fully saturated rings. The van der Waals surface area contributed by atoms with Crippen LogP contribution in [0.3, 0.4) is 0 Å². The molecule has 0 aromatic heterocycles. The number of hydrogen-bond acceptors (Lipinski definition) is 4. The molecule has 3 N–H and O–H groups in total. The fourth-order valence-corrected chi connectivity index (χ4v) is 1.77. The van der Waals surface area contributed by atoms with Gasteiger partial charge in [-0.3, -0.25) is 14.9 Å². The second-order valence-electron chi connectivity index (χ2n) is 4.90. The quantitative estimate of drug-likeness (QED) is 0.362. The number of nitro benzene ring substituents is 1. The zero-order chi connectivity index (χ0) is 15.3. The van der Waals surface area contributed by atoms with Crippen molar-refractivity contribution in [2.45, 2.75) is 26.7 Å². The highest BCUT2D eigenvalue weighted by Gasteiger charge is 2.23. The first-order valence-electron chi connectivity index (χ1n) is 6.35. The maximum absolute atomic E-state index is 13.6. The van der Waals surface area contributed by atoms with E-state index in [-0.39, 0.29) is 0 Å². The van der Waals surface area contributed by atoms with Crippen LogP contribution in [0.5, 0.6) is 0 Å². The number of benzene rings is 1. The SMILES string of the molecule is CC(C)CCCNC(=O)c1c(F)ccc([N+](=O)[O-])c1N. The predicted molar refractivity (Wildman–Crippen MR) is 73.9 cm³/mol. The molecular weight excluding hydrogens is 265 g/mol. The average Bonchev–Trinajstić information content (AvgIpc) is 2.34. The van der Waals surface area contributed by atoms with Gasteiger partial charge >= 0.3 is 0 Å². The Morgan fingerprint density at radius 1 is 1.50 bits per heavy atom. The van der Waals surface area contributed by atoms with E-state index in [0.717, 1.165) is 25.0 Å². The van der Waals surface area contributed by atoms with Crippen molar-refractivity contribution in [1.82, 2.24) is 5.32 Å². The first kappa shape index (κ1) is 15.9. The minimum Gasteiger partial charge on any atom is -0.392 e. The largest absolute Gasteiger partial charge is 0.392 e. The van der Waals surface area contributed by atoms with Gasteiger partial charge in [0, 0.05) is 12.6 Å². The number of amides is 1. The number of carbonyl (C=O) groups is 1. The zero-order valence-corrected chi connectivity index (χ0v) is 11.5. The molecule has 1 rings (SSSR count). The summed E-state index contributed by atoms with van der Waals surface area (Å²) in [6.07, 6.45) is 1.67. The first-order valence-corrected chi connectivity index (χ1v) is 6.35. The van der Waals surface area contributed by atoms with Gasteiger partial charge in [0.05, 0.1) is 4.92 Å². The average molecular weight is 283 g/mol. The number of anilines is 1. The number of halogens is 1. The number of nitro groups is 1. The second-order valence-corrected chi connectivity index (χ2v) is 4.90. The van der Waals surface area contributed by atoms with E-state index in [1.807, 2.05) is 0 Å². The van der Waals surface area contributed by atoms with Gasteiger partial charge in [-0.05, 0) is 24.8 Å². The van der Waals surface area contributed by atoms with Gasteiger partial charge in [-0.25, -0.2) is 4.39 Å². The molecule has 110 valence electrons. The number of rotatable bonds is 6. The second kappa shape index (κ2) is 6.83. The summed E-state index contributed by atoms with van der Waals surface area (Å²) in [5.74, 6) is -1.09. The van der Waals surface area contributed by atoms with Crippen molar-refractivity contribution in [1.29, 1.82) is 0 Å². The van der Waals surface area contributed by atoms with Gasteiger partial charge in [0.2, 0.25) is 0 Å². The van der Waals surface area contributed by atoms with Crippen LogP contribution in [0.2, 0.25) is 0 Å². The van der Waals surface area contributed by atoms with Crippen molar-refractivity contribution in [3.8, 4) is 0 Å². The van der Waals surface area contributed by atoms with Gasteiger partial charge in [0.25, 0.3) is 11.6 Å². The van der Waals surface area contributed by atoms with E-state index in [1.165, 1.54) is 0 Å². The van der Waals surface area contributed by atoms with Crippen molar-refractivity contribution in [2.24, 2.45) is 5.92 Å². The van der Waals surface area contributed by atoms with Gasteiger partial charge in [-0.15, -0.1) is 0 Å². The third-order valence-corrected chi connectivity index (χ3v) is 2.84. The van der Waals surface area contributed by atoms with Gasteiger partial charge in [-0.1, -0.05) is 13.8 Å². The van der Waals surface area contributed by atoms with Gasteiger partial charge < -0.3 is 11.1 Å². The lowest BCUT2D eigenvalue weighted by atomic mass is 10.1. The third kappa shape index (κ3) is 3.91. The van der Waals surface area contributed by atoms with E-state index in [0.29, 0.717) is 12.5 Å². The molecule has 1 amide bonds. The number of nitrogens with two attached hydrogens (primary N) is 1. The van der Waals surface area contributed by atoms with Gasteiger partial charge in [-0.2, -0.15) is 0 Å². The van der Waals surface area contributed by atoms with Crippen LogP contribution < -0.4 is 11.1 Å². The summed E-state index contributed by atoms with van der Waals surface area (Å²) in [7, 11) is 0. The molecule has 0 saturated heterocycles. The fraction of sp³-hybridized carbons (Fsp3) is 0.462. The third-order valence-electron chi connectivity index (χ3n) is 2.84. The molecule has 0 aliphatic heterocycles. The molecule has 0 unspecified atom stereocenters. The molecule has 1 aromatic rings. The van der Waals surface area contributed by atoms with Crippen molar-refractivity contribution in [2.75, 3.05) is 12.3 Å². The van der Waals surface area contributed by atoms with Crippen LogP contribution in [0.1, 0.15) is 37.0 Å². The van der Waals surface area contributed by atoms with Crippen LogP contribution >= 0.6 is 0 Å². The molecule has 0 radical (unpaired) electrons. The van der Waals surface area contributed by atoms with Crippen molar-refractivity contribution in [3.63, 3.8) is 0 Å². The molecule has 6 nitrogen and oxygen atoms in total. The maximum Gasteiger partial charge on any atom is 0.293 e. The van der Waals surface area contributed by atoms with Crippen LogP contribution in [0.15, 0.2) is 12.1 Å². The summed E-state index contributed by atoms with van der Waals surface area (Å²) >= 11 is 0. The monoisotopic (exact) mass is 283 g/mol. The molecule has 0 spiro atoms. The highest BCUT2D eigenvalue weighted by atomic mass is 19.1. The predicted octanol–water partition coefficient (Wildman–Crippen LogP) is 2.48. The van der Waals surface area contributed by atoms with Crippen LogP contribution in [0.25, 0.3) is 0 Å².